The second kappa shape index (κ2) is 5.29. The van der Waals surface area contributed by atoms with E-state index in [0.717, 1.165) is 6.08 Å². The molecule has 0 aliphatic rings. The van der Waals surface area contributed by atoms with Crippen LogP contribution < -0.4 is 4.74 Å². The Labute approximate surface area is 92.5 Å². The highest BCUT2D eigenvalue weighted by atomic mass is 16.8. The fraction of sp³-hybridized carbons (Fsp3) is 0.182. The summed E-state index contributed by atoms with van der Waals surface area (Å²) >= 11 is 0. The zero-order valence-corrected chi connectivity index (χ0v) is 8.50. The Hall–Kier alpha value is -1.85. The molecule has 0 aliphatic heterocycles. The van der Waals surface area contributed by atoms with Crippen molar-refractivity contribution in [2.45, 2.75) is 5.97 Å². The highest BCUT2D eigenvalue weighted by molar-refractivity contribution is 5.81. The molecule has 0 fully saturated rings. The SMILES string of the molecule is C=CC(=O)OCC(O)(O)Oc1ccccc1. The predicted octanol–water partition coefficient (Wildman–Crippen LogP) is 0.433. The highest BCUT2D eigenvalue weighted by Crippen LogP contribution is 2.14. The smallest absolute Gasteiger partial charge is 0.358 e. The van der Waals surface area contributed by atoms with Gasteiger partial charge >= 0.3 is 11.9 Å². The summed E-state index contributed by atoms with van der Waals surface area (Å²) in [7, 11) is 0. The van der Waals surface area contributed by atoms with E-state index in [4.69, 9.17) is 4.74 Å². The number of aliphatic hydroxyl groups is 2. The van der Waals surface area contributed by atoms with Crippen LogP contribution in [0, 0.1) is 0 Å². The van der Waals surface area contributed by atoms with Gasteiger partial charge in [-0.15, -0.1) is 0 Å². The molecule has 0 saturated heterocycles. The molecule has 0 bridgehead atoms. The molecule has 1 aromatic carbocycles. The maximum atomic E-state index is 10.7. The number of carbonyl (C=O) groups excluding carboxylic acids is 1. The van der Waals surface area contributed by atoms with E-state index in [1.165, 1.54) is 12.1 Å². The Morgan fingerprint density at radius 2 is 2.00 bits per heavy atom. The van der Waals surface area contributed by atoms with Gasteiger partial charge in [0.05, 0.1) is 0 Å². The van der Waals surface area contributed by atoms with Crippen LogP contribution in [0.2, 0.25) is 0 Å². The molecule has 0 aromatic heterocycles. The lowest BCUT2D eigenvalue weighted by Gasteiger charge is -2.21. The summed E-state index contributed by atoms with van der Waals surface area (Å²) < 4.78 is 9.24. The van der Waals surface area contributed by atoms with Gasteiger partial charge in [-0.3, -0.25) is 0 Å². The molecule has 0 radical (unpaired) electrons. The quantitative estimate of drug-likeness (QED) is 0.431. The molecular formula is C11H12O5. The fourth-order valence-corrected chi connectivity index (χ4v) is 0.931. The molecular weight excluding hydrogens is 212 g/mol. The number of carbonyl (C=O) groups is 1. The summed E-state index contributed by atoms with van der Waals surface area (Å²) in [6.07, 6.45) is 0.915. The molecule has 0 heterocycles. The molecule has 2 N–H and O–H groups in total. The summed E-state index contributed by atoms with van der Waals surface area (Å²) in [6, 6.07) is 8.16. The Morgan fingerprint density at radius 3 is 2.56 bits per heavy atom. The molecule has 0 aliphatic carbocycles. The first-order valence-electron chi connectivity index (χ1n) is 4.51. The summed E-state index contributed by atoms with van der Waals surface area (Å²) in [6.45, 7) is 2.47. The number of hydrogen-bond acceptors (Lipinski definition) is 5. The van der Waals surface area contributed by atoms with Crippen LogP contribution in [0.25, 0.3) is 0 Å². The van der Waals surface area contributed by atoms with Crippen LogP contribution >= 0.6 is 0 Å². The van der Waals surface area contributed by atoms with Gasteiger partial charge < -0.3 is 19.7 Å². The maximum absolute atomic E-state index is 10.7. The average Bonchev–Trinajstić information content (AvgIpc) is 2.27. The third-order valence-corrected chi connectivity index (χ3v) is 1.59. The third-order valence-electron chi connectivity index (χ3n) is 1.59. The molecule has 0 spiro atoms. The number of esters is 1. The van der Waals surface area contributed by atoms with E-state index in [1.807, 2.05) is 0 Å². The maximum Gasteiger partial charge on any atom is 0.358 e. The van der Waals surface area contributed by atoms with E-state index in [1.54, 1.807) is 18.2 Å². The van der Waals surface area contributed by atoms with Gasteiger partial charge in [-0.1, -0.05) is 24.8 Å². The fourth-order valence-electron chi connectivity index (χ4n) is 0.931. The van der Waals surface area contributed by atoms with Crippen LogP contribution in [-0.2, 0) is 9.53 Å². The first-order valence-corrected chi connectivity index (χ1v) is 4.51. The van der Waals surface area contributed by atoms with Gasteiger partial charge in [-0.25, -0.2) is 4.79 Å². The van der Waals surface area contributed by atoms with Crippen LogP contribution in [0.1, 0.15) is 0 Å². The molecule has 1 rings (SSSR count). The van der Waals surface area contributed by atoms with Crippen LogP contribution in [0.3, 0.4) is 0 Å². The van der Waals surface area contributed by atoms with Crippen LogP contribution in [0.15, 0.2) is 43.0 Å². The Kier molecular flexibility index (Phi) is 4.04. The van der Waals surface area contributed by atoms with Gasteiger partial charge in [-0.2, -0.15) is 0 Å². The highest BCUT2D eigenvalue weighted by Gasteiger charge is 2.27. The third kappa shape index (κ3) is 4.12. The Bertz CT molecular complexity index is 358. The van der Waals surface area contributed by atoms with Crippen LogP contribution in [-0.4, -0.2) is 28.8 Å². The van der Waals surface area contributed by atoms with Crippen molar-refractivity contribution >= 4 is 5.97 Å². The van der Waals surface area contributed by atoms with Crippen molar-refractivity contribution in [3.05, 3.63) is 43.0 Å². The van der Waals surface area contributed by atoms with Crippen LogP contribution in [0.4, 0.5) is 0 Å². The van der Waals surface area contributed by atoms with Crippen molar-refractivity contribution in [3.8, 4) is 5.75 Å². The van der Waals surface area contributed by atoms with E-state index in [9.17, 15) is 15.0 Å². The van der Waals surface area contributed by atoms with Gasteiger partial charge in [0.25, 0.3) is 0 Å². The first-order chi connectivity index (χ1) is 7.53. The molecule has 1 aromatic rings. The summed E-state index contributed by atoms with van der Waals surface area (Å²) in [5.41, 5.74) is 0. The van der Waals surface area contributed by atoms with Crippen molar-refractivity contribution in [2.24, 2.45) is 0 Å². The van der Waals surface area contributed by atoms with E-state index < -0.39 is 18.5 Å². The normalized spacial score (nSPS) is 10.6. The number of hydrogen-bond donors (Lipinski definition) is 2. The number of para-hydroxylation sites is 1. The minimum absolute atomic E-state index is 0.252. The summed E-state index contributed by atoms with van der Waals surface area (Å²) in [5.74, 6) is -3.06. The molecule has 5 nitrogen and oxygen atoms in total. The molecule has 0 unspecified atom stereocenters. The largest absolute Gasteiger partial charge is 0.453 e. The zero-order valence-electron chi connectivity index (χ0n) is 8.50. The van der Waals surface area contributed by atoms with Crippen molar-refractivity contribution in [1.82, 2.24) is 0 Å². The van der Waals surface area contributed by atoms with Gasteiger partial charge in [0.1, 0.15) is 5.75 Å². The van der Waals surface area contributed by atoms with Gasteiger partial charge in [0, 0.05) is 6.08 Å². The minimum Gasteiger partial charge on any atom is -0.453 e. The van der Waals surface area contributed by atoms with Crippen molar-refractivity contribution in [3.63, 3.8) is 0 Å². The lowest BCUT2D eigenvalue weighted by atomic mass is 10.3. The number of ether oxygens (including phenoxy) is 2. The standard InChI is InChI=1S/C11H12O5/c1-2-10(12)15-8-11(13,14)16-9-6-4-3-5-7-9/h2-7,13-14H,1,8H2. The lowest BCUT2D eigenvalue weighted by Crippen LogP contribution is -2.41. The molecule has 5 heteroatoms. The number of rotatable bonds is 5. The lowest BCUT2D eigenvalue weighted by molar-refractivity contribution is -0.309. The van der Waals surface area contributed by atoms with Crippen molar-refractivity contribution in [2.75, 3.05) is 6.61 Å². The van der Waals surface area contributed by atoms with Crippen molar-refractivity contribution in [1.29, 1.82) is 0 Å². The van der Waals surface area contributed by atoms with Gasteiger partial charge in [-0.05, 0) is 12.1 Å². The molecule has 0 atom stereocenters. The van der Waals surface area contributed by atoms with E-state index in [2.05, 4.69) is 11.3 Å². The minimum atomic E-state index is -2.56. The summed E-state index contributed by atoms with van der Waals surface area (Å²) in [4.78, 5) is 10.7. The van der Waals surface area contributed by atoms with Crippen LogP contribution in [0.5, 0.6) is 5.75 Å². The van der Waals surface area contributed by atoms with E-state index in [-0.39, 0.29) is 5.75 Å². The van der Waals surface area contributed by atoms with Gasteiger partial charge in [0.15, 0.2) is 6.61 Å². The van der Waals surface area contributed by atoms with Gasteiger partial charge in [0.2, 0.25) is 0 Å². The predicted molar refractivity (Wildman–Crippen MR) is 55.4 cm³/mol. The van der Waals surface area contributed by atoms with Crippen molar-refractivity contribution < 1.29 is 24.5 Å². The second-order valence-electron chi connectivity index (χ2n) is 2.97. The summed E-state index contributed by atoms with van der Waals surface area (Å²) in [5, 5.41) is 18.7. The second-order valence-corrected chi connectivity index (χ2v) is 2.97. The topological polar surface area (TPSA) is 76.0 Å². The Balaban J connectivity index is 2.51. The number of benzene rings is 1. The first kappa shape index (κ1) is 12.2. The zero-order chi connectivity index (χ0) is 12.0. The monoisotopic (exact) mass is 224 g/mol. The Morgan fingerprint density at radius 1 is 1.38 bits per heavy atom. The molecule has 16 heavy (non-hydrogen) atoms. The van der Waals surface area contributed by atoms with E-state index in [0.29, 0.717) is 0 Å². The molecule has 0 saturated carbocycles. The molecule has 86 valence electrons. The molecule has 0 amide bonds. The van der Waals surface area contributed by atoms with E-state index >= 15 is 0 Å². The average molecular weight is 224 g/mol.